The summed E-state index contributed by atoms with van der Waals surface area (Å²) < 4.78 is 39.5. The van der Waals surface area contributed by atoms with Gasteiger partial charge in [-0.1, -0.05) is 18.2 Å². The number of nitrogens with one attached hydrogen (secondary N) is 2. The van der Waals surface area contributed by atoms with E-state index in [1.54, 1.807) is 29.9 Å². The van der Waals surface area contributed by atoms with Crippen molar-refractivity contribution in [2.24, 2.45) is 7.05 Å². The van der Waals surface area contributed by atoms with Gasteiger partial charge in [0.1, 0.15) is 5.82 Å². The summed E-state index contributed by atoms with van der Waals surface area (Å²) in [6.07, 6.45) is 1.62. The summed E-state index contributed by atoms with van der Waals surface area (Å²) in [5, 5.41) is 0.708. The molecule has 0 fully saturated rings. The van der Waals surface area contributed by atoms with Crippen molar-refractivity contribution in [3.63, 3.8) is 0 Å². The minimum absolute atomic E-state index is 0.105. The highest BCUT2D eigenvalue weighted by molar-refractivity contribution is 7.89. The Morgan fingerprint density at radius 1 is 1.16 bits per heavy atom. The SMILES string of the molecule is Cc1cc(F)ccc1S(=O)(=O)NNC(=O)c1cn(C)c2ccccc12. The molecule has 2 N–H and O–H groups in total. The second-order valence-corrected chi connectivity index (χ2v) is 7.29. The molecule has 8 heteroatoms. The van der Waals surface area contributed by atoms with Gasteiger partial charge in [-0.3, -0.25) is 10.2 Å². The van der Waals surface area contributed by atoms with Crippen LogP contribution in [0.3, 0.4) is 0 Å². The van der Waals surface area contributed by atoms with Crippen LogP contribution in [-0.4, -0.2) is 18.9 Å². The van der Waals surface area contributed by atoms with Crippen LogP contribution in [0.1, 0.15) is 15.9 Å². The Hall–Kier alpha value is -2.71. The molecule has 0 radical (unpaired) electrons. The predicted molar refractivity (Wildman–Crippen MR) is 91.8 cm³/mol. The van der Waals surface area contributed by atoms with Gasteiger partial charge in [0.05, 0.1) is 10.5 Å². The second kappa shape index (κ2) is 6.30. The number of hydrogen-bond donors (Lipinski definition) is 2. The van der Waals surface area contributed by atoms with Crippen molar-refractivity contribution in [1.29, 1.82) is 0 Å². The molecule has 1 heterocycles. The highest BCUT2D eigenvalue weighted by Gasteiger charge is 2.20. The second-order valence-electron chi connectivity index (χ2n) is 5.64. The van der Waals surface area contributed by atoms with Crippen LogP contribution >= 0.6 is 0 Å². The Morgan fingerprint density at radius 3 is 2.60 bits per heavy atom. The summed E-state index contributed by atoms with van der Waals surface area (Å²) in [5.41, 5.74) is 3.64. The Bertz CT molecular complexity index is 1070. The molecule has 0 bridgehead atoms. The first-order valence-corrected chi connectivity index (χ1v) is 8.90. The van der Waals surface area contributed by atoms with Gasteiger partial charge in [0.25, 0.3) is 15.9 Å². The standard InChI is InChI=1S/C17H16FN3O3S/c1-11-9-12(18)7-8-16(11)25(23,24)20-19-17(22)14-10-21(2)15-6-4-3-5-13(14)15/h3-10,20H,1-2H3,(H,19,22). The topological polar surface area (TPSA) is 80.2 Å². The minimum Gasteiger partial charge on any atom is -0.350 e. The number of rotatable bonds is 4. The Balaban J connectivity index is 1.84. The van der Waals surface area contributed by atoms with Crippen LogP contribution in [0, 0.1) is 12.7 Å². The Labute approximate surface area is 144 Å². The van der Waals surface area contributed by atoms with Gasteiger partial charge in [-0.15, -0.1) is 4.83 Å². The van der Waals surface area contributed by atoms with E-state index in [1.165, 1.54) is 6.92 Å². The van der Waals surface area contributed by atoms with Crippen LogP contribution < -0.4 is 10.3 Å². The lowest BCUT2D eigenvalue weighted by Crippen LogP contribution is -2.41. The van der Waals surface area contributed by atoms with Crippen LogP contribution in [-0.2, 0) is 17.1 Å². The molecule has 0 atom stereocenters. The van der Waals surface area contributed by atoms with Crippen LogP contribution in [0.4, 0.5) is 4.39 Å². The van der Waals surface area contributed by atoms with Crippen LogP contribution in [0.2, 0.25) is 0 Å². The molecule has 1 amide bonds. The lowest BCUT2D eigenvalue weighted by molar-refractivity contribution is 0.0946. The van der Waals surface area contributed by atoms with Crippen LogP contribution in [0.15, 0.2) is 53.6 Å². The number of nitrogens with zero attached hydrogens (tertiary/aromatic N) is 1. The van der Waals surface area contributed by atoms with Gasteiger partial charge in [-0.2, -0.15) is 0 Å². The summed E-state index contributed by atoms with van der Waals surface area (Å²) in [5.74, 6) is -1.11. The summed E-state index contributed by atoms with van der Waals surface area (Å²) in [6.45, 7) is 1.48. The average molecular weight is 361 g/mol. The average Bonchev–Trinajstić information content (AvgIpc) is 2.90. The summed E-state index contributed by atoms with van der Waals surface area (Å²) in [7, 11) is -2.22. The van der Waals surface area contributed by atoms with Gasteiger partial charge >= 0.3 is 0 Å². The van der Waals surface area contributed by atoms with E-state index in [4.69, 9.17) is 0 Å². The van der Waals surface area contributed by atoms with E-state index < -0.39 is 21.7 Å². The van der Waals surface area contributed by atoms with E-state index in [0.717, 1.165) is 23.7 Å². The molecule has 0 saturated heterocycles. The van der Waals surface area contributed by atoms with Crippen LogP contribution in [0.5, 0.6) is 0 Å². The van der Waals surface area contributed by atoms with Gasteiger partial charge in [0.2, 0.25) is 0 Å². The number of sulfonamides is 1. The molecule has 1 aromatic heterocycles. The molecule has 0 spiro atoms. The van der Waals surface area contributed by atoms with Crippen molar-refractivity contribution in [3.05, 3.63) is 65.6 Å². The number of aromatic nitrogens is 1. The summed E-state index contributed by atoms with van der Waals surface area (Å²) >= 11 is 0. The Morgan fingerprint density at radius 2 is 1.88 bits per heavy atom. The lowest BCUT2D eigenvalue weighted by Gasteiger charge is -2.10. The predicted octanol–water partition coefficient (Wildman–Crippen LogP) is 2.25. The lowest BCUT2D eigenvalue weighted by atomic mass is 10.2. The molecule has 6 nitrogen and oxygen atoms in total. The molecular weight excluding hydrogens is 345 g/mol. The fourth-order valence-corrected chi connectivity index (χ4v) is 3.74. The van der Waals surface area contributed by atoms with E-state index in [0.29, 0.717) is 10.9 Å². The third-order valence-corrected chi connectivity index (χ3v) is 5.27. The van der Waals surface area contributed by atoms with E-state index in [2.05, 4.69) is 5.43 Å². The van der Waals surface area contributed by atoms with E-state index >= 15 is 0 Å². The van der Waals surface area contributed by atoms with Crippen molar-refractivity contribution < 1.29 is 17.6 Å². The van der Waals surface area contributed by atoms with Crippen molar-refractivity contribution in [1.82, 2.24) is 14.8 Å². The Kier molecular flexibility index (Phi) is 4.32. The number of hydrogen-bond acceptors (Lipinski definition) is 3. The van der Waals surface area contributed by atoms with Crippen molar-refractivity contribution in [2.45, 2.75) is 11.8 Å². The first-order valence-electron chi connectivity index (χ1n) is 7.42. The van der Waals surface area contributed by atoms with Gasteiger partial charge in [0.15, 0.2) is 0 Å². The van der Waals surface area contributed by atoms with Gasteiger partial charge in [0, 0.05) is 24.1 Å². The van der Waals surface area contributed by atoms with Crippen molar-refractivity contribution >= 4 is 26.8 Å². The number of carbonyl (C=O) groups excluding carboxylic acids is 1. The molecular formula is C17H16FN3O3S. The third-order valence-electron chi connectivity index (χ3n) is 3.87. The molecule has 3 aromatic rings. The van der Waals surface area contributed by atoms with Gasteiger partial charge < -0.3 is 4.57 Å². The van der Waals surface area contributed by atoms with Crippen molar-refractivity contribution in [3.8, 4) is 0 Å². The first kappa shape index (κ1) is 17.1. The molecule has 0 saturated carbocycles. The zero-order valence-corrected chi connectivity index (χ0v) is 14.4. The highest BCUT2D eigenvalue weighted by atomic mass is 32.2. The smallest absolute Gasteiger partial charge is 0.268 e. The maximum Gasteiger partial charge on any atom is 0.268 e. The molecule has 0 aliphatic rings. The number of benzene rings is 2. The molecule has 0 aliphatic carbocycles. The number of halogens is 1. The summed E-state index contributed by atoms with van der Waals surface area (Å²) in [6, 6.07) is 10.6. The van der Waals surface area contributed by atoms with E-state index in [9.17, 15) is 17.6 Å². The molecule has 3 rings (SSSR count). The van der Waals surface area contributed by atoms with Crippen molar-refractivity contribution in [2.75, 3.05) is 0 Å². The van der Waals surface area contributed by atoms with Crippen LogP contribution in [0.25, 0.3) is 10.9 Å². The number of fused-ring (bicyclic) bond motifs is 1. The number of para-hydroxylation sites is 1. The molecule has 0 aliphatic heterocycles. The normalized spacial score (nSPS) is 11.6. The fraction of sp³-hybridized carbons (Fsp3) is 0.118. The highest BCUT2D eigenvalue weighted by Crippen LogP contribution is 2.20. The number of amides is 1. The fourth-order valence-electron chi connectivity index (χ4n) is 2.67. The van der Waals surface area contributed by atoms with Gasteiger partial charge in [-0.25, -0.2) is 12.8 Å². The first-order chi connectivity index (χ1) is 11.8. The third kappa shape index (κ3) is 3.26. The largest absolute Gasteiger partial charge is 0.350 e. The zero-order valence-electron chi connectivity index (χ0n) is 13.6. The van der Waals surface area contributed by atoms with Gasteiger partial charge in [-0.05, 0) is 36.8 Å². The van der Waals surface area contributed by atoms with E-state index in [1.807, 2.05) is 17.0 Å². The minimum atomic E-state index is -4.01. The molecule has 2 aromatic carbocycles. The monoisotopic (exact) mass is 361 g/mol. The zero-order chi connectivity index (χ0) is 18.2. The quantitative estimate of drug-likeness (QED) is 0.700. The van der Waals surface area contributed by atoms with E-state index in [-0.39, 0.29) is 10.5 Å². The summed E-state index contributed by atoms with van der Waals surface area (Å²) in [4.78, 5) is 14.3. The molecule has 130 valence electrons. The maximum absolute atomic E-state index is 13.1. The maximum atomic E-state index is 13.1. The molecule has 25 heavy (non-hydrogen) atoms. The number of carbonyl (C=O) groups is 1. The number of aryl methyl sites for hydroxylation is 2. The molecule has 0 unspecified atom stereocenters. The number of hydrazine groups is 1.